The van der Waals surface area contributed by atoms with Crippen LogP contribution in [-0.2, 0) is 6.42 Å². The van der Waals surface area contributed by atoms with Crippen LogP contribution in [0.1, 0.15) is 5.69 Å². The average molecular weight is 202 g/mol. The first-order valence-electron chi connectivity index (χ1n) is 4.14. The first-order valence-corrected chi connectivity index (χ1v) is 4.14. The fraction of sp³-hybridized carbons (Fsp3) is 0.444. The molecule has 2 N–H and O–H groups in total. The second-order valence-corrected chi connectivity index (χ2v) is 2.93. The van der Waals surface area contributed by atoms with Gasteiger partial charge in [0.2, 0.25) is 0 Å². The van der Waals surface area contributed by atoms with Crippen LogP contribution in [0.25, 0.3) is 0 Å². The van der Waals surface area contributed by atoms with Crippen LogP contribution in [0.2, 0.25) is 0 Å². The number of nitrogens with two attached hydrogens (primary N) is 1. The Balaban J connectivity index is 2.69. The van der Waals surface area contributed by atoms with Crippen molar-refractivity contribution in [2.45, 2.75) is 12.3 Å². The van der Waals surface area contributed by atoms with E-state index in [1.165, 1.54) is 19.4 Å². The highest BCUT2D eigenvalue weighted by Gasteiger charge is 2.27. The number of alkyl halides is 2. The van der Waals surface area contributed by atoms with E-state index >= 15 is 0 Å². The van der Waals surface area contributed by atoms with Gasteiger partial charge in [-0.2, -0.15) is 0 Å². The molecule has 1 heterocycles. The molecule has 5 heteroatoms. The van der Waals surface area contributed by atoms with Crippen molar-refractivity contribution in [2.75, 3.05) is 13.7 Å². The largest absolute Gasteiger partial charge is 0.495 e. The van der Waals surface area contributed by atoms with Crippen molar-refractivity contribution >= 4 is 0 Å². The lowest BCUT2D eigenvalue weighted by Gasteiger charge is -2.12. The Morgan fingerprint density at radius 2 is 2.21 bits per heavy atom. The molecule has 78 valence electrons. The third kappa shape index (κ3) is 2.92. The summed E-state index contributed by atoms with van der Waals surface area (Å²) in [6.07, 6.45) is 0.968. The molecule has 3 nitrogen and oxygen atoms in total. The van der Waals surface area contributed by atoms with E-state index in [4.69, 9.17) is 10.5 Å². The summed E-state index contributed by atoms with van der Waals surface area (Å²) in [7, 11) is 1.49. The van der Waals surface area contributed by atoms with Crippen molar-refractivity contribution in [3.05, 3.63) is 24.0 Å². The summed E-state index contributed by atoms with van der Waals surface area (Å²) < 4.78 is 30.5. The number of rotatable bonds is 4. The van der Waals surface area contributed by atoms with E-state index in [1.54, 1.807) is 6.07 Å². The van der Waals surface area contributed by atoms with E-state index in [0.29, 0.717) is 11.4 Å². The predicted molar refractivity (Wildman–Crippen MR) is 48.5 cm³/mol. The third-order valence-electron chi connectivity index (χ3n) is 1.77. The summed E-state index contributed by atoms with van der Waals surface area (Å²) in [6.45, 7) is -0.666. The number of hydrogen-bond acceptors (Lipinski definition) is 3. The number of halogens is 2. The van der Waals surface area contributed by atoms with Gasteiger partial charge < -0.3 is 10.5 Å². The monoisotopic (exact) mass is 202 g/mol. The predicted octanol–water partition coefficient (Wildman–Crippen LogP) is 1.23. The molecular weight excluding hydrogens is 190 g/mol. The van der Waals surface area contributed by atoms with Gasteiger partial charge in [-0.15, -0.1) is 0 Å². The van der Waals surface area contributed by atoms with Crippen LogP contribution in [0.15, 0.2) is 18.3 Å². The van der Waals surface area contributed by atoms with E-state index in [-0.39, 0.29) is 0 Å². The quantitative estimate of drug-likeness (QED) is 0.798. The van der Waals surface area contributed by atoms with Crippen LogP contribution in [0.4, 0.5) is 8.78 Å². The highest BCUT2D eigenvalue weighted by Crippen LogP contribution is 2.18. The lowest BCUT2D eigenvalue weighted by molar-refractivity contribution is 0.0105. The minimum atomic E-state index is -2.89. The van der Waals surface area contributed by atoms with Crippen molar-refractivity contribution < 1.29 is 13.5 Å². The Hall–Kier alpha value is -1.23. The van der Waals surface area contributed by atoms with Gasteiger partial charge in [0.05, 0.1) is 26.3 Å². The zero-order chi connectivity index (χ0) is 10.6. The number of methoxy groups -OCH3 is 1. The second kappa shape index (κ2) is 4.32. The average Bonchev–Trinajstić information content (AvgIpc) is 2.19. The van der Waals surface area contributed by atoms with Crippen molar-refractivity contribution in [3.8, 4) is 5.75 Å². The van der Waals surface area contributed by atoms with Crippen LogP contribution < -0.4 is 10.5 Å². The van der Waals surface area contributed by atoms with Crippen LogP contribution in [0.3, 0.4) is 0 Å². The maximum absolute atomic E-state index is 12.8. The first-order chi connectivity index (χ1) is 6.57. The molecule has 1 rings (SSSR count). The van der Waals surface area contributed by atoms with Crippen molar-refractivity contribution in [3.63, 3.8) is 0 Å². The van der Waals surface area contributed by atoms with Crippen LogP contribution in [-0.4, -0.2) is 24.6 Å². The zero-order valence-corrected chi connectivity index (χ0v) is 7.84. The molecule has 0 saturated heterocycles. The highest BCUT2D eigenvalue weighted by molar-refractivity contribution is 5.20. The lowest BCUT2D eigenvalue weighted by Crippen LogP contribution is -2.30. The van der Waals surface area contributed by atoms with Gasteiger partial charge in [-0.1, -0.05) is 0 Å². The molecule has 0 unspecified atom stereocenters. The number of pyridine rings is 1. The Morgan fingerprint density at radius 3 is 2.64 bits per heavy atom. The molecule has 0 spiro atoms. The molecule has 0 saturated carbocycles. The van der Waals surface area contributed by atoms with Gasteiger partial charge in [-0.05, 0) is 12.1 Å². The summed E-state index contributed by atoms with van der Waals surface area (Å²) in [5.41, 5.74) is 5.21. The van der Waals surface area contributed by atoms with Crippen LogP contribution in [0, 0.1) is 0 Å². The summed E-state index contributed by atoms with van der Waals surface area (Å²) in [5, 5.41) is 0. The van der Waals surface area contributed by atoms with E-state index < -0.39 is 18.9 Å². The molecule has 1 aromatic rings. The third-order valence-corrected chi connectivity index (χ3v) is 1.77. The number of nitrogens with zero attached hydrogens (tertiary/aromatic N) is 1. The topological polar surface area (TPSA) is 48.1 Å². The molecular formula is C9H12F2N2O. The Morgan fingerprint density at radius 1 is 1.50 bits per heavy atom. The normalized spacial score (nSPS) is 11.4. The molecule has 0 bridgehead atoms. The van der Waals surface area contributed by atoms with Crippen molar-refractivity contribution in [1.82, 2.24) is 4.98 Å². The van der Waals surface area contributed by atoms with Crippen molar-refractivity contribution in [2.24, 2.45) is 5.73 Å². The fourth-order valence-electron chi connectivity index (χ4n) is 0.973. The van der Waals surface area contributed by atoms with E-state index in [1.807, 2.05) is 0 Å². The van der Waals surface area contributed by atoms with Gasteiger partial charge in [0.1, 0.15) is 5.75 Å². The minimum Gasteiger partial charge on any atom is -0.495 e. The minimum absolute atomic E-state index is 0.307. The molecule has 0 radical (unpaired) electrons. The lowest BCUT2D eigenvalue weighted by atomic mass is 10.1. The zero-order valence-electron chi connectivity index (χ0n) is 7.84. The first kappa shape index (κ1) is 10.8. The number of aromatic nitrogens is 1. The Kier molecular flexibility index (Phi) is 3.35. The Labute approximate surface area is 80.9 Å². The SMILES string of the molecule is COc1ccc(CC(F)(F)CN)nc1. The summed E-state index contributed by atoms with van der Waals surface area (Å²) in [6, 6.07) is 3.09. The standard InChI is InChI=1S/C9H12F2N2O/c1-14-8-3-2-7(13-5-8)4-9(10,11)6-12/h2-3,5H,4,6,12H2,1H3. The summed E-state index contributed by atoms with van der Waals surface area (Å²) >= 11 is 0. The molecule has 0 aliphatic carbocycles. The number of ether oxygens (including phenoxy) is 1. The molecule has 1 aromatic heterocycles. The molecule has 0 aliphatic rings. The fourth-order valence-corrected chi connectivity index (χ4v) is 0.973. The second-order valence-electron chi connectivity index (χ2n) is 2.93. The van der Waals surface area contributed by atoms with Crippen LogP contribution in [0.5, 0.6) is 5.75 Å². The van der Waals surface area contributed by atoms with E-state index in [2.05, 4.69) is 4.98 Å². The molecule has 0 fully saturated rings. The van der Waals surface area contributed by atoms with E-state index in [0.717, 1.165) is 0 Å². The molecule has 0 aliphatic heterocycles. The Bertz CT molecular complexity index is 287. The van der Waals surface area contributed by atoms with Gasteiger partial charge in [-0.3, -0.25) is 4.98 Å². The van der Waals surface area contributed by atoms with Gasteiger partial charge in [0.15, 0.2) is 0 Å². The molecule has 14 heavy (non-hydrogen) atoms. The van der Waals surface area contributed by atoms with Gasteiger partial charge in [0.25, 0.3) is 5.92 Å². The highest BCUT2D eigenvalue weighted by atomic mass is 19.3. The van der Waals surface area contributed by atoms with Crippen molar-refractivity contribution in [1.29, 1.82) is 0 Å². The maximum Gasteiger partial charge on any atom is 0.265 e. The maximum atomic E-state index is 12.8. The van der Waals surface area contributed by atoms with Crippen LogP contribution >= 0.6 is 0 Å². The smallest absolute Gasteiger partial charge is 0.265 e. The van der Waals surface area contributed by atoms with Gasteiger partial charge in [-0.25, -0.2) is 8.78 Å². The molecule has 0 aromatic carbocycles. The molecule has 0 amide bonds. The van der Waals surface area contributed by atoms with Gasteiger partial charge >= 0.3 is 0 Å². The summed E-state index contributed by atoms with van der Waals surface area (Å²) in [5.74, 6) is -2.34. The van der Waals surface area contributed by atoms with E-state index in [9.17, 15) is 8.78 Å². The number of hydrogen-bond donors (Lipinski definition) is 1. The summed E-state index contributed by atoms with van der Waals surface area (Å²) in [4.78, 5) is 3.82. The molecule has 0 atom stereocenters. The van der Waals surface area contributed by atoms with Gasteiger partial charge in [0, 0.05) is 5.69 Å².